The number of methoxy groups -OCH3 is 1. The summed E-state index contributed by atoms with van der Waals surface area (Å²) in [5.74, 6) is -1.83. The maximum Gasteiger partial charge on any atom is 0.471 e. The number of anilines is 1. The first-order valence-corrected chi connectivity index (χ1v) is 7.78. The molecule has 0 unspecified atom stereocenters. The van der Waals surface area contributed by atoms with Gasteiger partial charge in [-0.15, -0.1) is 0 Å². The molecule has 140 valence electrons. The van der Waals surface area contributed by atoms with Crippen LogP contribution in [0, 0.1) is 0 Å². The van der Waals surface area contributed by atoms with E-state index in [2.05, 4.69) is 0 Å². The number of benzene rings is 2. The van der Waals surface area contributed by atoms with Gasteiger partial charge in [-0.3, -0.25) is 4.79 Å². The quantitative estimate of drug-likeness (QED) is 0.648. The number of carbonyl (C=O) groups is 1. The molecule has 0 spiro atoms. The van der Waals surface area contributed by atoms with Crippen LogP contribution < -0.4 is 15.3 Å². The Hall–Kier alpha value is -3.29. The third-order valence-electron chi connectivity index (χ3n) is 4.04. The van der Waals surface area contributed by atoms with E-state index in [-0.39, 0.29) is 22.6 Å². The van der Waals surface area contributed by atoms with Gasteiger partial charge in [-0.2, -0.15) is 13.2 Å². The zero-order chi connectivity index (χ0) is 19.8. The minimum Gasteiger partial charge on any atom is -0.497 e. The van der Waals surface area contributed by atoms with Crippen LogP contribution in [0.4, 0.5) is 18.9 Å². The van der Waals surface area contributed by atoms with Crippen molar-refractivity contribution < 1.29 is 27.1 Å². The molecule has 0 saturated carbocycles. The predicted molar refractivity (Wildman–Crippen MR) is 93.9 cm³/mol. The van der Waals surface area contributed by atoms with Crippen LogP contribution in [0.25, 0.3) is 22.1 Å². The summed E-state index contributed by atoms with van der Waals surface area (Å²) in [6.45, 7) is 0. The van der Waals surface area contributed by atoms with Gasteiger partial charge in [-0.25, -0.2) is 4.79 Å². The number of rotatable bonds is 3. The molecule has 8 heteroatoms. The summed E-state index contributed by atoms with van der Waals surface area (Å²) in [4.78, 5) is 24.5. The van der Waals surface area contributed by atoms with Crippen LogP contribution in [0.5, 0.6) is 5.75 Å². The summed E-state index contributed by atoms with van der Waals surface area (Å²) in [5, 5.41) is 0.596. The Balaban J connectivity index is 2.23. The highest BCUT2D eigenvalue weighted by molar-refractivity contribution is 6.01. The van der Waals surface area contributed by atoms with Gasteiger partial charge in [0.25, 0.3) is 0 Å². The van der Waals surface area contributed by atoms with Crippen LogP contribution >= 0.6 is 0 Å². The Morgan fingerprint density at radius 3 is 2.44 bits per heavy atom. The fourth-order valence-corrected chi connectivity index (χ4v) is 2.69. The summed E-state index contributed by atoms with van der Waals surface area (Å²) in [7, 11) is 2.32. The third kappa shape index (κ3) is 3.51. The summed E-state index contributed by atoms with van der Waals surface area (Å²) >= 11 is 0. The van der Waals surface area contributed by atoms with Crippen molar-refractivity contribution in [1.29, 1.82) is 0 Å². The first kappa shape index (κ1) is 18.5. The molecule has 0 aliphatic heterocycles. The fraction of sp³-hybridized carbons (Fsp3) is 0.158. The average molecular weight is 377 g/mol. The highest BCUT2D eigenvalue weighted by Crippen LogP contribution is 2.35. The monoisotopic (exact) mass is 377 g/mol. The molecule has 5 nitrogen and oxygen atoms in total. The van der Waals surface area contributed by atoms with Crippen molar-refractivity contribution in [3.8, 4) is 16.9 Å². The van der Waals surface area contributed by atoms with Crippen LogP contribution in [0.15, 0.2) is 57.7 Å². The lowest BCUT2D eigenvalue weighted by atomic mass is 10.0. The number of ether oxygens (including phenoxy) is 1. The van der Waals surface area contributed by atoms with E-state index in [1.54, 1.807) is 24.3 Å². The van der Waals surface area contributed by atoms with Crippen LogP contribution in [0.2, 0.25) is 0 Å². The molecule has 1 amide bonds. The molecule has 3 aromatic rings. The topological polar surface area (TPSA) is 59.8 Å². The smallest absolute Gasteiger partial charge is 0.471 e. The first-order valence-electron chi connectivity index (χ1n) is 7.78. The van der Waals surface area contributed by atoms with Gasteiger partial charge < -0.3 is 14.1 Å². The number of halogens is 3. The van der Waals surface area contributed by atoms with Crippen molar-refractivity contribution in [2.24, 2.45) is 0 Å². The van der Waals surface area contributed by atoms with Gasteiger partial charge in [0.1, 0.15) is 11.3 Å². The van der Waals surface area contributed by atoms with Crippen molar-refractivity contribution >= 4 is 22.6 Å². The molecule has 1 heterocycles. The third-order valence-corrected chi connectivity index (χ3v) is 4.04. The Morgan fingerprint density at radius 2 is 1.78 bits per heavy atom. The zero-order valence-electron chi connectivity index (χ0n) is 14.3. The van der Waals surface area contributed by atoms with Gasteiger partial charge in [0.15, 0.2) is 0 Å². The molecule has 0 saturated heterocycles. The van der Waals surface area contributed by atoms with Gasteiger partial charge >= 0.3 is 17.7 Å². The first-order chi connectivity index (χ1) is 12.7. The van der Waals surface area contributed by atoms with Crippen LogP contribution in [0.3, 0.4) is 0 Å². The van der Waals surface area contributed by atoms with E-state index in [1.165, 1.54) is 31.4 Å². The molecule has 0 radical (unpaired) electrons. The molecule has 2 aromatic carbocycles. The van der Waals surface area contributed by atoms with Crippen LogP contribution in [0.1, 0.15) is 0 Å². The second-order valence-corrected chi connectivity index (χ2v) is 5.73. The number of carbonyl (C=O) groups excluding carboxylic acids is 1. The molecule has 27 heavy (non-hydrogen) atoms. The second kappa shape index (κ2) is 6.79. The van der Waals surface area contributed by atoms with E-state index in [1.807, 2.05) is 0 Å². The number of nitrogens with zero attached hydrogens (tertiary/aromatic N) is 1. The normalized spacial score (nSPS) is 11.4. The summed E-state index contributed by atoms with van der Waals surface area (Å²) < 4.78 is 49.0. The SMILES string of the molecule is COc1ccc(-c2cc3ccccc3oc2=O)c(N(C)C(=O)C(F)(F)F)c1. The molecule has 0 aliphatic rings. The molecule has 0 fully saturated rings. The maximum atomic E-state index is 12.9. The highest BCUT2D eigenvalue weighted by atomic mass is 19.4. The van der Waals surface area contributed by atoms with Crippen LogP contribution in [-0.2, 0) is 4.79 Å². The van der Waals surface area contributed by atoms with E-state index in [4.69, 9.17) is 9.15 Å². The molecule has 1 aromatic heterocycles. The maximum absolute atomic E-state index is 12.9. The van der Waals surface area contributed by atoms with E-state index in [0.717, 1.165) is 7.05 Å². The van der Waals surface area contributed by atoms with E-state index in [9.17, 15) is 22.8 Å². The highest BCUT2D eigenvalue weighted by Gasteiger charge is 2.42. The Labute approximate surface area is 151 Å². The lowest BCUT2D eigenvalue weighted by Gasteiger charge is -2.22. The Bertz CT molecular complexity index is 1070. The minimum absolute atomic E-state index is 0.0353. The van der Waals surface area contributed by atoms with Crippen molar-refractivity contribution in [3.05, 3.63) is 59.0 Å². The Kier molecular flexibility index (Phi) is 4.65. The Morgan fingerprint density at radius 1 is 1.07 bits per heavy atom. The molecule has 0 atom stereocenters. The fourth-order valence-electron chi connectivity index (χ4n) is 2.69. The van der Waals surface area contributed by atoms with Gasteiger partial charge in [-0.05, 0) is 24.3 Å². The number of hydrogen-bond donors (Lipinski definition) is 0. The summed E-state index contributed by atoms with van der Waals surface area (Å²) in [6, 6.07) is 12.4. The molecule has 0 N–H and O–H groups in total. The number of amides is 1. The van der Waals surface area contributed by atoms with E-state index >= 15 is 0 Å². The predicted octanol–water partition coefficient (Wildman–Crippen LogP) is 3.99. The van der Waals surface area contributed by atoms with Gasteiger partial charge in [0.2, 0.25) is 0 Å². The molecule has 3 rings (SSSR count). The van der Waals surface area contributed by atoms with E-state index < -0.39 is 17.7 Å². The lowest BCUT2D eigenvalue weighted by Crippen LogP contribution is -2.38. The molecular weight excluding hydrogens is 363 g/mol. The lowest BCUT2D eigenvalue weighted by molar-refractivity contribution is -0.170. The molecule has 0 aliphatic carbocycles. The average Bonchev–Trinajstić information content (AvgIpc) is 2.65. The number of fused-ring (bicyclic) bond motifs is 1. The second-order valence-electron chi connectivity index (χ2n) is 5.73. The summed E-state index contributed by atoms with van der Waals surface area (Å²) in [5.41, 5.74) is -0.350. The number of hydrogen-bond acceptors (Lipinski definition) is 4. The van der Waals surface area contributed by atoms with Crippen molar-refractivity contribution in [2.45, 2.75) is 6.18 Å². The number of para-hydroxylation sites is 1. The molecule has 0 bridgehead atoms. The zero-order valence-corrected chi connectivity index (χ0v) is 14.3. The van der Waals surface area contributed by atoms with Crippen molar-refractivity contribution in [3.63, 3.8) is 0 Å². The largest absolute Gasteiger partial charge is 0.497 e. The van der Waals surface area contributed by atoms with Gasteiger partial charge in [0.05, 0.1) is 18.4 Å². The van der Waals surface area contributed by atoms with Crippen LogP contribution in [-0.4, -0.2) is 26.2 Å². The van der Waals surface area contributed by atoms with Gasteiger partial charge in [0, 0.05) is 24.1 Å². The van der Waals surface area contributed by atoms with Crippen molar-refractivity contribution in [1.82, 2.24) is 0 Å². The standard InChI is InChI=1S/C19H14F3NO4/c1-23(18(25)19(20,21)22)15-10-12(26-2)7-8-13(15)14-9-11-5-3-4-6-16(11)27-17(14)24/h3-10H,1-2H3. The van der Waals surface area contributed by atoms with Crippen molar-refractivity contribution in [2.75, 3.05) is 19.1 Å². The summed E-state index contributed by atoms with van der Waals surface area (Å²) in [6.07, 6.45) is -5.07. The number of alkyl halides is 3. The minimum atomic E-state index is -5.07. The van der Waals surface area contributed by atoms with Gasteiger partial charge in [-0.1, -0.05) is 18.2 Å². The molecular formula is C19H14F3NO4. The van der Waals surface area contributed by atoms with E-state index in [0.29, 0.717) is 15.9 Å².